The van der Waals surface area contributed by atoms with Gasteiger partial charge in [-0.2, -0.15) is 0 Å². The molecule has 2 aromatic carbocycles. The van der Waals surface area contributed by atoms with Crippen LogP contribution in [0.5, 0.6) is 0 Å². The maximum absolute atomic E-state index is 12.5. The highest BCUT2D eigenvalue weighted by molar-refractivity contribution is 7.89. The molecule has 0 atom stereocenters. The van der Waals surface area contributed by atoms with E-state index in [0.717, 1.165) is 18.2 Å². The highest BCUT2D eigenvalue weighted by Crippen LogP contribution is 2.16. The van der Waals surface area contributed by atoms with Crippen LogP contribution >= 0.6 is 0 Å². The lowest BCUT2D eigenvalue weighted by molar-refractivity contribution is 0.102. The number of amides is 1. The van der Waals surface area contributed by atoms with E-state index in [1.54, 1.807) is 31.4 Å². The molecular formula is C18H21NO4S. The summed E-state index contributed by atoms with van der Waals surface area (Å²) in [4.78, 5) is 12.5. The van der Waals surface area contributed by atoms with E-state index in [1.807, 2.05) is 24.3 Å². The summed E-state index contributed by atoms with van der Waals surface area (Å²) < 4.78 is 28.1. The van der Waals surface area contributed by atoms with Gasteiger partial charge in [-0.05, 0) is 35.7 Å². The van der Waals surface area contributed by atoms with Crippen LogP contribution in [0.2, 0.25) is 0 Å². The van der Waals surface area contributed by atoms with Crippen molar-refractivity contribution in [3.63, 3.8) is 0 Å². The van der Waals surface area contributed by atoms with Gasteiger partial charge in [0, 0.05) is 24.6 Å². The molecule has 0 aliphatic carbocycles. The lowest BCUT2D eigenvalue weighted by Gasteiger charge is -2.10. The van der Waals surface area contributed by atoms with Crippen LogP contribution in [-0.2, 0) is 26.7 Å². The zero-order valence-corrected chi connectivity index (χ0v) is 14.6. The van der Waals surface area contributed by atoms with Crippen molar-refractivity contribution in [1.29, 1.82) is 0 Å². The number of benzene rings is 2. The van der Waals surface area contributed by atoms with Gasteiger partial charge in [0.25, 0.3) is 5.91 Å². The lowest BCUT2D eigenvalue weighted by atomic mass is 10.1. The number of anilines is 1. The SMILES string of the molecule is COCCc1ccc(NC(=O)c2ccccc2CS(C)(=O)=O)cc1. The van der Waals surface area contributed by atoms with E-state index >= 15 is 0 Å². The Balaban J connectivity index is 2.12. The van der Waals surface area contributed by atoms with Crippen LogP contribution in [-0.4, -0.2) is 34.3 Å². The summed E-state index contributed by atoms with van der Waals surface area (Å²) in [6.45, 7) is 0.643. The number of methoxy groups -OCH3 is 1. The van der Waals surface area contributed by atoms with Gasteiger partial charge in [0.2, 0.25) is 0 Å². The maximum Gasteiger partial charge on any atom is 0.255 e. The predicted octanol–water partition coefficient (Wildman–Crippen LogP) is 2.67. The predicted molar refractivity (Wildman–Crippen MR) is 95.0 cm³/mol. The first kappa shape index (κ1) is 18.2. The molecule has 0 aliphatic heterocycles. The Morgan fingerprint density at radius 3 is 2.38 bits per heavy atom. The second kappa shape index (κ2) is 8.08. The average molecular weight is 347 g/mol. The molecule has 0 bridgehead atoms. The van der Waals surface area contributed by atoms with E-state index in [9.17, 15) is 13.2 Å². The van der Waals surface area contributed by atoms with Crippen molar-refractivity contribution in [3.05, 3.63) is 65.2 Å². The topological polar surface area (TPSA) is 72.5 Å². The van der Waals surface area contributed by atoms with Crippen LogP contribution in [0.4, 0.5) is 5.69 Å². The Hall–Kier alpha value is -2.18. The Kier molecular flexibility index (Phi) is 6.11. The first-order chi connectivity index (χ1) is 11.4. The molecule has 0 radical (unpaired) electrons. The minimum absolute atomic E-state index is 0.160. The molecule has 2 aromatic rings. The molecule has 0 saturated heterocycles. The monoisotopic (exact) mass is 347 g/mol. The van der Waals surface area contributed by atoms with E-state index in [0.29, 0.717) is 23.4 Å². The minimum atomic E-state index is -3.21. The second-order valence-corrected chi connectivity index (χ2v) is 7.76. The van der Waals surface area contributed by atoms with Crippen molar-refractivity contribution in [2.45, 2.75) is 12.2 Å². The standard InChI is InChI=1S/C18H21NO4S/c1-23-12-11-14-7-9-16(10-8-14)19-18(20)17-6-4-3-5-15(17)13-24(2,21)22/h3-10H,11-13H2,1-2H3,(H,19,20). The van der Waals surface area contributed by atoms with Gasteiger partial charge in [-0.3, -0.25) is 4.79 Å². The molecular weight excluding hydrogens is 326 g/mol. The fraction of sp³-hybridized carbons (Fsp3) is 0.278. The largest absolute Gasteiger partial charge is 0.384 e. The zero-order valence-electron chi connectivity index (χ0n) is 13.8. The number of nitrogens with one attached hydrogen (secondary N) is 1. The second-order valence-electron chi connectivity index (χ2n) is 5.62. The molecule has 0 unspecified atom stereocenters. The molecule has 1 N–H and O–H groups in total. The highest BCUT2D eigenvalue weighted by atomic mass is 32.2. The number of hydrogen-bond donors (Lipinski definition) is 1. The first-order valence-corrected chi connectivity index (χ1v) is 9.60. The number of carbonyl (C=O) groups excluding carboxylic acids is 1. The van der Waals surface area contributed by atoms with Crippen LogP contribution in [0.3, 0.4) is 0 Å². The Labute approximate surface area is 142 Å². The molecule has 0 aromatic heterocycles. The van der Waals surface area contributed by atoms with Gasteiger partial charge in [-0.25, -0.2) is 8.42 Å². The molecule has 1 amide bonds. The van der Waals surface area contributed by atoms with Crippen LogP contribution in [0.1, 0.15) is 21.5 Å². The number of ether oxygens (including phenoxy) is 1. The lowest BCUT2D eigenvalue weighted by Crippen LogP contribution is -2.15. The van der Waals surface area contributed by atoms with Crippen molar-refractivity contribution in [2.75, 3.05) is 25.3 Å². The van der Waals surface area contributed by atoms with E-state index in [1.165, 1.54) is 0 Å². The molecule has 0 heterocycles. The third-order valence-electron chi connectivity index (χ3n) is 3.49. The van der Waals surface area contributed by atoms with Crippen molar-refractivity contribution in [3.8, 4) is 0 Å². The van der Waals surface area contributed by atoms with E-state index in [4.69, 9.17) is 4.74 Å². The zero-order chi connectivity index (χ0) is 17.6. The van der Waals surface area contributed by atoms with Crippen molar-refractivity contribution < 1.29 is 17.9 Å². The molecule has 0 fully saturated rings. The number of carbonyl (C=O) groups is 1. The third kappa shape index (κ3) is 5.47. The van der Waals surface area contributed by atoms with Gasteiger partial charge in [0.1, 0.15) is 0 Å². The number of hydrogen-bond acceptors (Lipinski definition) is 4. The maximum atomic E-state index is 12.5. The van der Waals surface area contributed by atoms with E-state index in [2.05, 4.69) is 5.32 Å². The molecule has 6 heteroatoms. The Bertz CT molecular complexity index is 798. The summed E-state index contributed by atoms with van der Waals surface area (Å²) in [5.41, 5.74) is 2.64. The van der Waals surface area contributed by atoms with Crippen LogP contribution in [0, 0.1) is 0 Å². The summed E-state index contributed by atoms with van der Waals surface area (Å²) >= 11 is 0. The van der Waals surface area contributed by atoms with Crippen LogP contribution in [0.15, 0.2) is 48.5 Å². The van der Waals surface area contributed by atoms with Gasteiger partial charge < -0.3 is 10.1 Å². The quantitative estimate of drug-likeness (QED) is 0.836. The Morgan fingerprint density at radius 1 is 1.08 bits per heavy atom. The summed E-state index contributed by atoms with van der Waals surface area (Å²) in [5, 5.41) is 2.80. The molecule has 0 aliphatic rings. The van der Waals surface area contributed by atoms with E-state index in [-0.39, 0.29) is 11.7 Å². The average Bonchev–Trinajstić information content (AvgIpc) is 2.53. The van der Waals surface area contributed by atoms with Gasteiger partial charge in [0.15, 0.2) is 9.84 Å². The minimum Gasteiger partial charge on any atom is -0.384 e. The molecule has 128 valence electrons. The highest BCUT2D eigenvalue weighted by Gasteiger charge is 2.14. The summed E-state index contributed by atoms with van der Waals surface area (Å²) in [5.74, 6) is -0.481. The third-order valence-corrected chi connectivity index (χ3v) is 4.32. The summed E-state index contributed by atoms with van der Waals surface area (Å²) in [7, 11) is -1.56. The number of rotatable bonds is 7. The van der Waals surface area contributed by atoms with Crippen LogP contribution in [0.25, 0.3) is 0 Å². The fourth-order valence-electron chi connectivity index (χ4n) is 2.32. The van der Waals surface area contributed by atoms with Crippen molar-refractivity contribution in [1.82, 2.24) is 0 Å². The summed E-state index contributed by atoms with van der Waals surface area (Å²) in [6, 6.07) is 14.2. The normalized spacial score (nSPS) is 11.2. The molecule has 5 nitrogen and oxygen atoms in total. The van der Waals surface area contributed by atoms with E-state index < -0.39 is 9.84 Å². The van der Waals surface area contributed by atoms with Crippen molar-refractivity contribution >= 4 is 21.4 Å². The summed E-state index contributed by atoms with van der Waals surface area (Å²) in [6.07, 6.45) is 1.96. The Morgan fingerprint density at radius 2 is 1.75 bits per heavy atom. The molecule has 0 saturated carbocycles. The molecule has 24 heavy (non-hydrogen) atoms. The number of sulfone groups is 1. The molecule has 2 rings (SSSR count). The van der Waals surface area contributed by atoms with Gasteiger partial charge in [-0.15, -0.1) is 0 Å². The molecule has 0 spiro atoms. The van der Waals surface area contributed by atoms with Crippen LogP contribution < -0.4 is 5.32 Å². The van der Waals surface area contributed by atoms with Gasteiger partial charge >= 0.3 is 0 Å². The first-order valence-electron chi connectivity index (χ1n) is 7.54. The smallest absolute Gasteiger partial charge is 0.255 e. The van der Waals surface area contributed by atoms with Crippen molar-refractivity contribution in [2.24, 2.45) is 0 Å². The van der Waals surface area contributed by atoms with Gasteiger partial charge in [-0.1, -0.05) is 30.3 Å². The van der Waals surface area contributed by atoms with Gasteiger partial charge in [0.05, 0.1) is 12.4 Å². The fourth-order valence-corrected chi connectivity index (χ4v) is 3.14.